The van der Waals surface area contributed by atoms with Gasteiger partial charge >= 0.3 is 0 Å². The summed E-state index contributed by atoms with van der Waals surface area (Å²) in [5.74, 6) is 2.39. The Balaban J connectivity index is 1.14. The second-order valence-corrected chi connectivity index (χ2v) is 10.4. The normalized spacial score (nSPS) is 51.0. The third kappa shape index (κ3) is 2.64. The number of amides is 1. The van der Waals surface area contributed by atoms with Gasteiger partial charge in [0, 0.05) is 44.2 Å². The van der Waals surface area contributed by atoms with Crippen LogP contribution in [-0.4, -0.2) is 35.5 Å². The molecular formula is C22H33NO4. The van der Waals surface area contributed by atoms with Crippen molar-refractivity contribution in [3.63, 3.8) is 0 Å². The minimum atomic E-state index is -0.590. The van der Waals surface area contributed by atoms with Gasteiger partial charge in [-0.05, 0) is 75.5 Å². The molecule has 7 atom stereocenters. The van der Waals surface area contributed by atoms with Crippen molar-refractivity contribution in [1.82, 2.24) is 4.90 Å². The van der Waals surface area contributed by atoms with E-state index in [4.69, 9.17) is 14.5 Å². The van der Waals surface area contributed by atoms with Gasteiger partial charge in [0.15, 0.2) is 0 Å². The maximum Gasteiger partial charge on any atom is 0.222 e. The van der Waals surface area contributed by atoms with Crippen molar-refractivity contribution in [2.75, 3.05) is 13.1 Å². The molecule has 0 N–H and O–H groups in total. The van der Waals surface area contributed by atoms with Gasteiger partial charge in [-0.1, -0.05) is 0 Å². The molecule has 0 aromatic rings. The Morgan fingerprint density at radius 1 is 1.00 bits per heavy atom. The number of nitrogens with zero attached hydrogens (tertiary/aromatic N) is 1. The first-order chi connectivity index (χ1) is 13.2. The first kappa shape index (κ1) is 17.2. The Hall–Kier alpha value is -0.650. The Kier molecular flexibility index (Phi) is 3.94. The summed E-state index contributed by atoms with van der Waals surface area (Å²) in [5.41, 5.74) is 0. The average molecular weight is 376 g/mol. The van der Waals surface area contributed by atoms with Crippen molar-refractivity contribution in [2.24, 2.45) is 29.6 Å². The van der Waals surface area contributed by atoms with Crippen LogP contribution in [0, 0.1) is 29.6 Å². The molecule has 4 bridgehead atoms. The van der Waals surface area contributed by atoms with E-state index in [1.807, 2.05) is 0 Å². The predicted octanol–water partition coefficient (Wildman–Crippen LogP) is 4.02. The molecule has 27 heavy (non-hydrogen) atoms. The SMILES string of the molecule is O=C(C[C@@H]1CCC[C@]2(C1)OO[C@]1(O2)C2CC3CC(C2)C1C3)N1CCCCC1. The van der Waals surface area contributed by atoms with Gasteiger partial charge in [0.05, 0.1) is 0 Å². The van der Waals surface area contributed by atoms with Gasteiger partial charge in [-0.3, -0.25) is 4.79 Å². The molecule has 7 rings (SSSR count). The first-order valence-corrected chi connectivity index (χ1v) is 11.5. The lowest BCUT2D eigenvalue weighted by Crippen LogP contribution is -2.48. The minimum absolute atomic E-state index is 0.337. The highest BCUT2D eigenvalue weighted by atomic mass is 17.3. The van der Waals surface area contributed by atoms with Gasteiger partial charge in [-0.25, -0.2) is 0 Å². The van der Waals surface area contributed by atoms with E-state index in [2.05, 4.69) is 4.90 Å². The molecule has 2 heterocycles. The molecule has 4 unspecified atom stereocenters. The molecule has 5 saturated carbocycles. The maximum atomic E-state index is 12.7. The number of ether oxygens (including phenoxy) is 1. The number of carbonyl (C=O) groups is 1. The predicted molar refractivity (Wildman–Crippen MR) is 98.2 cm³/mol. The zero-order valence-corrected chi connectivity index (χ0v) is 16.4. The van der Waals surface area contributed by atoms with Gasteiger partial charge in [0.2, 0.25) is 17.5 Å². The summed E-state index contributed by atoms with van der Waals surface area (Å²) < 4.78 is 6.79. The summed E-state index contributed by atoms with van der Waals surface area (Å²) in [6.07, 6.45) is 13.3. The van der Waals surface area contributed by atoms with Crippen molar-refractivity contribution in [3.8, 4) is 0 Å². The van der Waals surface area contributed by atoms with E-state index in [-0.39, 0.29) is 0 Å². The van der Waals surface area contributed by atoms with Crippen LogP contribution in [0.15, 0.2) is 0 Å². The van der Waals surface area contributed by atoms with Crippen LogP contribution >= 0.6 is 0 Å². The zero-order valence-electron chi connectivity index (χ0n) is 16.4. The van der Waals surface area contributed by atoms with E-state index in [1.165, 1.54) is 32.1 Å². The molecule has 0 aromatic heterocycles. The maximum absolute atomic E-state index is 12.7. The smallest absolute Gasteiger partial charge is 0.222 e. The molecule has 0 radical (unpaired) electrons. The number of piperidine rings is 1. The Morgan fingerprint density at radius 2 is 1.89 bits per heavy atom. The van der Waals surface area contributed by atoms with Crippen LogP contribution in [0.5, 0.6) is 0 Å². The zero-order chi connectivity index (χ0) is 18.1. The molecule has 150 valence electrons. The average Bonchev–Trinajstić information content (AvgIpc) is 3.25. The van der Waals surface area contributed by atoms with Crippen molar-refractivity contribution >= 4 is 5.91 Å². The number of hydrogen-bond donors (Lipinski definition) is 0. The standard InChI is InChI=1S/C22H33NO4/c24-20(23-7-2-1-3-8-23)12-15-5-4-6-21(14-15)25-22(27-26-21)18-10-16-9-17(13-18)19(22)11-16/h15-19H,1-14H2/t15-,16?,17?,18?,19?,21+,22+/m0/s1. The van der Waals surface area contributed by atoms with E-state index in [9.17, 15) is 4.79 Å². The number of likely N-dealkylation sites (tertiary alicyclic amines) is 1. The summed E-state index contributed by atoms with van der Waals surface area (Å²) in [4.78, 5) is 27.0. The molecular weight excluding hydrogens is 342 g/mol. The Bertz CT molecular complexity index is 615. The summed E-state index contributed by atoms with van der Waals surface area (Å²) in [6.45, 7) is 1.89. The molecule has 5 nitrogen and oxygen atoms in total. The second-order valence-electron chi connectivity index (χ2n) is 10.4. The van der Waals surface area contributed by atoms with Crippen molar-refractivity contribution in [3.05, 3.63) is 0 Å². The Labute approximate surface area is 162 Å². The van der Waals surface area contributed by atoms with Crippen molar-refractivity contribution in [1.29, 1.82) is 0 Å². The molecule has 1 amide bonds. The molecule has 0 aromatic carbocycles. The van der Waals surface area contributed by atoms with E-state index >= 15 is 0 Å². The largest absolute Gasteiger partial charge is 0.343 e. The molecule has 5 aliphatic carbocycles. The third-order valence-corrected chi connectivity index (χ3v) is 8.69. The van der Waals surface area contributed by atoms with Crippen LogP contribution < -0.4 is 0 Å². The Morgan fingerprint density at radius 3 is 2.74 bits per heavy atom. The fourth-order valence-electron chi connectivity index (χ4n) is 7.60. The van der Waals surface area contributed by atoms with Crippen LogP contribution in [0.4, 0.5) is 0 Å². The first-order valence-electron chi connectivity index (χ1n) is 11.5. The molecule has 2 spiro atoms. The van der Waals surface area contributed by atoms with Crippen LogP contribution in [0.25, 0.3) is 0 Å². The molecule has 5 heteroatoms. The summed E-state index contributed by atoms with van der Waals surface area (Å²) in [6, 6.07) is 0. The van der Waals surface area contributed by atoms with E-state index in [0.29, 0.717) is 30.1 Å². The van der Waals surface area contributed by atoms with Gasteiger partial charge in [0.1, 0.15) is 0 Å². The van der Waals surface area contributed by atoms with Crippen LogP contribution in [0.2, 0.25) is 0 Å². The van der Waals surface area contributed by atoms with E-state index in [0.717, 1.165) is 63.5 Å². The second kappa shape index (κ2) is 6.17. The van der Waals surface area contributed by atoms with Crippen LogP contribution in [-0.2, 0) is 19.3 Å². The lowest BCUT2D eigenvalue weighted by Gasteiger charge is -2.40. The third-order valence-electron chi connectivity index (χ3n) is 8.69. The highest BCUT2D eigenvalue weighted by Gasteiger charge is 2.70. The number of rotatable bonds is 2. The highest BCUT2D eigenvalue weighted by Crippen LogP contribution is 2.67. The van der Waals surface area contributed by atoms with E-state index < -0.39 is 11.6 Å². The van der Waals surface area contributed by atoms with Gasteiger partial charge < -0.3 is 9.64 Å². The lowest BCUT2D eigenvalue weighted by atomic mass is 9.77. The van der Waals surface area contributed by atoms with Crippen molar-refractivity contribution in [2.45, 2.75) is 88.6 Å². The molecule has 7 fully saturated rings. The quantitative estimate of drug-likeness (QED) is 0.684. The van der Waals surface area contributed by atoms with Gasteiger partial charge in [0.25, 0.3) is 0 Å². The molecule has 7 aliphatic rings. The monoisotopic (exact) mass is 375 g/mol. The van der Waals surface area contributed by atoms with Crippen LogP contribution in [0.3, 0.4) is 0 Å². The summed E-state index contributed by atoms with van der Waals surface area (Å²) in [5, 5.41) is 0. The highest BCUT2D eigenvalue weighted by molar-refractivity contribution is 5.76. The van der Waals surface area contributed by atoms with Gasteiger partial charge in [-0.2, -0.15) is 9.78 Å². The fraction of sp³-hybridized carbons (Fsp3) is 0.955. The minimum Gasteiger partial charge on any atom is -0.343 e. The number of hydrogen-bond acceptors (Lipinski definition) is 4. The molecule has 2 saturated heterocycles. The number of carbonyl (C=O) groups excluding carboxylic acids is 1. The molecule has 2 aliphatic heterocycles. The lowest BCUT2D eigenvalue weighted by molar-refractivity contribution is -0.371. The van der Waals surface area contributed by atoms with Crippen LogP contribution in [0.1, 0.15) is 77.0 Å². The van der Waals surface area contributed by atoms with Gasteiger partial charge in [-0.15, -0.1) is 0 Å². The fourth-order valence-corrected chi connectivity index (χ4v) is 7.60. The topological polar surface area (TPSA) is 48.0 Å². The summed E-state index contributed by atoms with van der Waals surface area (Å²) in [7, 11) is 0. The summed E-state index contributed by atoms with van der Waals surface area (Å²) >= 11 is 0. The van der Waals surface area contributed by atoms with E-state index in [1.54, 1.807) is 0 Å². The van der Waals surface area contributed by atoms with Crippen molar-refractivity contribution < 1.29 is 19.3 Å².